The van der Waals surface area contributed by atoms with Crippen LogP contribution in [-0.2, 0) is 0 Å². The van der Waals surface area contributed by atoms with E-state index in [0.717, 1.165) is 5.69 Å². The maximum Gasteiger partial charge on any atom is 0.196 e. The maximum absolute atomic E-state index is 12.8. The Labute approximate surface area is 146 Å². The molecule has 1 heterocycles. The Morgan fingerprint density at radius 2 is 1.60 bits per heavy atom. The van der Waals surface area contributed by atoms with Crippen LogP contribution < -0.4 is 14.8 Å². The van der Waals surface area contributed by atoms with Crippen molar-refractivity contribution in [3.05, 3.63) is 78.0 Å². The maximum atomic E-state index is 12.8. The number of rotatable bonds is 6. The fourth-order valence-corrected chi connectivity index (χ4v) is 2.45. The average Bonchev–Trinajstić information content (AvgIpc) is 2.68. The molecule has 3 aromatic rings. The van der Waals surface area contributed by atoms with Crippen LogP contribution >= 0.6 is 0 Å². The molecule has 1 N–H and O–H groups in total. The highest BCUT2D eigenvalue weighted by atomic mass is 16.5. The second kappa shape index (κ2) is 7.49. The van der Waals surface area contributed by atoms with Gasteiger partial charge < -0.3 is 14.8 Å². The predicted molar refractivity (Wildman–Crippen MR) is 96.9 cm³/mol. The van der Waals surface area contributed by atoms with Crippen molar-refractivity contribution < 1.29 is 14.3 Å². The Morgan fingerprint density at radius 1 is 0.920 bits per heavy atom. The van der Waals surface area contributed by atoms with Crippen LogP contribution in [0.25, 0.3) is 0 Å². The van der Waals surface area contributed by atoms with Crippen LogP contribution in [0.4, 0.5) is 11.5 Å². The summed E-state index contributed by atoms with van der Waals surface area (Å²) >= 11 is 0. The Morgan fingerprint density at radius 3 is 2.24 bits per heavy atom. The topological polar surface area (TPSA) is 60.5 Å². The molecule has 0 aliphatic rings. The summed E-state index contributed by atoms with van der Waals surface area (Å²) in [7, 11) is 3.17. The number of nitrogens with one attached hydrogen (secondary N) is 1. The molecule has 0 bridgehead atoms. The van der Waals surface area contributed by atoms with Gasteiger partial charge in [-0.2, -0.15) is 0 Å². The van der Waals surface area contributed by atoms with Gasteiger partial charge in [-0.3, -0.25) is 4.79 Å². The molecule has 5 nitrogen and oxygen atoms in total. The normalized spacial score (nSPS) is 10.2. The standard InChI is InChI=1S/C20H18N2O3/c1-24-16-11-15(12-17(13-16)25-2)22-20-18(9-6-10-21-20)19(23)14-7-4-3-5-8-14/h3-13H,1-2H3,(H,21,22). The molecule has 126 valence electrons. The van der Waals surface area contributed by atoms with Gasteiger partial charge in [0.2, 0.25) is 0 Å². The lowest BCUT2D eigenvalue weighted by atomic mass is 10.0. The first-order valence-electron chi connectivity index (χ1n) is 7.76. The SMILES string of the molecule is COc1cc(Nc2ncccc2C(=O)c2ccccc2)cc(OC)c1. The largest absolute Gasteiger partial charge is 0.497 e. The number of pyridine rings is 1. The van der Waals surface area contributed by atoms with Crippen molar-refractivity contribution in [3.63, 3.8) is 0 Å². The van der Waals surface area contributed by atoms with Crippen LogP contribution in [0.1, 0.15) is 15.9 Å². The summed E-state index contributed by atoms with van der Waals surface area (Å²) in [4.78, 5) is 17.1. The summed E-state index contributed by atoms with van der Waals surface area (Å²) in [6, 6.07) is 18.0. The van der Waals surface area contributed by atoms with E-state index in [9.17, 15) is 4.79 Å². The third-order valence-electron chi connectivity index (χ3n) is 3.70. The third-order valence-corrected chi connectivity index (χ3v) is 3.70. The number of ketones is 1. The van der Waals surface area contributed by atoms with Gasteiger partial charge in [0.15, 0.2) is 5.78 Å². The van der Waals surface area contributed by atoms with Gasteiger partial charge in [-0.15, -0.1) is 0 Å². The molecule has 0 fully saturated rings. The summed E-state index contributed by atoms with van der Waals surface area (Å²) in [6.07, 6.45) is 1.64. The smallest absolute Gasteiger partial charge is 0.196 e. The van der Waals surface area contributed by atoms with Crippen LogP contribution in [0.2, 0.25) is 0 Å². The van der Waals surface area contributed by atoms with Crippen molar-refractivity contribution in [1.29, 1.82) is 0 Å². The van der Waals surface area contributed by atoms with Crippen LogP contribution in [0.3, 0.4) is 0 Å². The number of carbonyl (C=O) groups excluding carboxylic acids is 1. The van der Waals surface area contributed by atoms with Crippen molar-refractivity contribution in [2.24, 2.45) is 0 Å². The van der Waals surface area contributed by atoms with E-state index in [-0.39, 0.29) is 5.78 Å². The minimum absolute atomic E-state index is 0.0916. The molecule has 0 atom stereocenters. The van der Waals surface area contributed by atoms with Gasteiger partial charge in [0.25, 0.3) is 0 Å². The highest BCUT2D eigenvalue weighted by Crippen LogP contribution is 2.29. The number of hydrogen-bond acceptors (Lipinski definition) is 5. The summed E-state index contributed by atoms with van der Waals surface area (Å²) in [5.41, 5.74) is 1.83. The molecular formula is C20H18N2O3. The fraction of sp³-hybridized carbons (Fsp3) is 0.100. The van der Waals surface area contributed by atoms with E-state index in [0.29, 0.717) is 28.4 Å². The fourth-order valence-electron chi connectivity index (χ4n) is 2.45. The number of carbonyl (C=O) groups is 1. The number of benzene rings is 2. The molecule has 1 aromatic heterocycles. The molecular weight excluding hydrogens is 316 g/mol. The lowest BCUT2D eigenvalue weighted by Crippen LogP contribution is -2.07. The molecule has 2 aromatic carbocycles. The van der Waals surface area contributed by atoms with Crippen LogP contribution in [0.15, 0.2) is 66.9 Å². The van der Waals surface area contributed by atoms with E-state index < -0.39 is 0 Å². The van der Waals surface area contributed by atoms with Gasteiger partial charge in [0.1, 0.15) is 17.3 Å². The van der Waals surface area contributed by atoms with Gasteiger partial charge in [0, 0.05) is 35.6 Å². The van der Waals surface area contributed by atoms with E-state index in [1.54, 1.807) is 50.7 Å². The molecule has 0 amide bonds. The van der Waals surface area contributed by atoms with Crippen molar-refractivity contribution >= 4 is 17.3 Å². The van der Waals surface area contributed by atoms with E-state index in [1.807, 2.05) is 30.3 Å². The van der Waals surface area contributed by atoms with Gasteiger partial charge >= 0.3 is 0 Å². The molecule has 25 heavy (non-hydrogen) atoms. The highest BCUT2D eigenvalue weighted by Gasteiger charge is 2.15. The van der Waals surface area contributed by atoms with E-state index >= 15 is 0 Å². The summed E-state index contributed by atoms with van der Waals surface area (Å²) in [5, 5.41) is 3.18. The Bertz CT molecular complexity index is 857. The first-order valence-corrected chi connectivity index (χ1v) is 7.76. The lowest BCUT2D eigenvalue weighted by Gasteiger charge is -2.12. The molecule has 0 saturated carbocycles. The lowest BCUT2D eigenvalue weighted by molar-refractivity contribution is 0.103. The second-order valence-electron chi connectivity index (χ2n) is 5.32. The molecule has 0 aliphatic carbocycles. The van der Waals surface area contributed by atoms with Crippen molar-refractivity contribution in [2.75, 3.05) is 19.5 Å². The Hall–Kier alpha value is -3.34. The Kier molecular flexibility index (Phi) is 4.95. The predicted octanol–water partition coefficient (Wildman–Crippen LogP) is 4.07. The van der Waals surface area contributed by atoms with E-state index in [1.165, 1.54) is 0 Å². The summed E-state index contributed by atoms with van der Waals surface area (Å²) < 4.78 is 10.5. The van der Waals surface area contributed by atoms with Crippen LogP contribution in [0, 0.1) is 0 Å². The summed E-state index contributed by atoms with van der Waals surface area (Å²) in [5.74, 6) is 1.68. The molecule has 5 heteroatoms. The second-order valence-corrected chi connectivity index (χ2v) is 5.32. The minimum atomic E-state index is -0.0916. The van der Waals surface area contributed by atoms with Crippen molar-refractivity contribution in [3.8, 4) is 11.5 Å². The molecule has 0 saturated heterocycles. The molecule has 0 aliphatic heterocycles. The quantitative estimate of drug-likeness (QED) is 0.689. The van der Waals surface area contributed by atoms with Crippen molar-refractivity contribution in [1.82, 2.24) is 4.98 Å². The Balaban J connectivity index is 1.96. The summed E-state index contributed by atoms with van der Waals surface area (Å²) in [6.45, 7) is 0. The molecule has 0 unspecified atom stereocenters. The average molecular weight is 334 g/mol. The highest BCUT2D eigenvalue weighted by molar-refractivity contribution is 6.12. The van der Waals surface area contributed by atoms with Crippen LogP contribution in [-0.4, -0.2) is 25.0 Å². The number of methoxy groups -OCH3 is 2. The molecule has 0 spiro atoms. The minimum Gasteiger partial charge on any atom is -0.497 e. The van der Waals surface area contributed by atoms with E-state index in [4.69, 9.17) is 9.47 Å². The number of nitrogens with zero attached hydrogens (tertiary/aromatic N) is 1. The number of anilines is 2. The van der Waals surface area contributed by atoms with Gasteiger partial charge in [-0.25, -0.2) is 4.98 Å². The zero-order valence-electron chi connectivity index (χ0n) is 14.0. The first kappa shape index (κ1) is 16.5. The first-order chi connectivity index (χ1) is 12.2. The van der Waals surface area contributed by atoms with Gasteiger partial charge in [-0.05, 0) is 12.1 Å². The van der Waals surface area contributed by atoms with Crippen LogP contribution in [0.5, 0.6) is 11.5 Å². The zero-order chi connectivity index (χ0) is 17.6. The molecule has 3 rings (SSSR count). The number of aromatic nitrogens is 1. The van der Waals surface area contributed by atoms with E-state index in [2.05, 4.69) is 10.3 Å². The third kappa shape index (κ3) is 3.77. The van der Waals surface area contributed by atoms with Crippen molar-refractivity contribution in [2.45, 2.75) is 0 Å². The van der Waals surface area contributed by atoms with Gasteiger partial charge in [-0.1, -0.05) is 30.3 Å². The molecule has 0 radical (unpaired) electrons. The monoisotopic (exact) mass is 334 g/mol. The van der Waals surface area contributed by atoms with Gasteiger partial charge in [0.05, 0.1) is 19.8 Å². The zero-order valence-corrected chi connectivity index (χ0v) is 14.0. The number of hydrogen-bond donors (Lipinski definition) is 1. The number of ether oxygens (including phenoxy) is 2.